The molecule has 1 amide bonds. The number of H-pyrrole nitrogens is 2. The number of rotatable bonds is 5. The van der Waals surface area contributed by atoms with E-state index in [0.29, 0.717) is 28.3 Å². The van der Waals surface area contributed by atoms with Crippen molar-refractivity contribution in [3.63, 3.8) is 0 Å². The minimum atomic E-state index is -0.226. The number of nitrogens with zero attached hydrogens (tertiary/aromatic N) is 1. The zero-order valence-electron chi connectivity index (χ0n) is 12.8. The van der Waals surface area contributed by atoms with Crippen LogP contribution in [0.2, 0.25) is 0 Å². The van der Waals surface area contributed by atoms with Gasteiger partial charge in [-0.2, -0.15) is 0 Å². The van der Waals surface area contributed by atoms with Crippen molar-refractivity contribution in [1.82, 2.24) is 14.9 Å². The molecule has 2 saturated carbocycles. The van der Waals surface area contributed by atoms with E-state index < -0.39 is 0 Å². The molecule has 2 aromatic rings. The van der Waals surface area contributed by atoms with Crippen LogP contribution in [-0.2, 0) is 0 Å². The Bertz CT molecular complexity index is 863. The summed E-state index contributed by atoms with van der Waals surface area (Å²) in [6.45, 7) is 1.72. The molecular formula is C17H19N3O2S. The number of aromatic nitrogens is 2. The first kappa shape index (κ1) is 14.6. The van der Waals surface area contributed by atoms with E-state index in [1.54, 1.807) is 18.2 Å². The number of benzene rings is 1. The molecule has 5 nitrogen and oxygen atoms in total. The molecular weight excluding hydrogens is 310 g/mol. The summed E-state index contributed by atoms with van der Waals surface area (Å²) >= 11 is 5.01. The maximum absolute atomic E-state index is 12.9. The quantitative estimate of drug-likeness (QED) is 0.829. The fourth-order valence-corrected chi connectivity index (χ4v) is 3.15. The van der Waals surface area contributed by atoms with Crippen LogP contribution >= 0.6 is 12.2 Å². The van der Waals surface area contributed by atoms with Crippen LogP contribution in [0, 0.1) is 16.6 Å². The van der Waals surface area contributed by atoms with Crippen LogP contribution in [0.15, 0.2) is 23.0 Å². The lowest BCUT2D eigenvalue weighted by molar-refractivity contribution is 0.0739. The number of nitrogens with one attached hydrogen (secondary N) is 2. The normalized spacial score (nSPS) is 17.4. The van der Waals surface area contributed by atoms with E-state index in [9.17, 15) is 9.59 Å². The Balaban J connectivity index is 1.66. The molecule has 0 atom stereocenters. The summed E-state index contributed by atoms with van der Waals surface area (Å²) in [4.78, 5) is 32.3. The molecule has 0 saturated heterocycles. The van der Waals surface area contributed by atoms with Crippen LogP contribution in [0.3, 0.4) is 0 Å². The van der Waals surface area contributed by atoms with Crippen molar-refractivity contribution in [1.29, 1.82) is 0 Å². The standard InChI is InChI=1S/C17H19N3O2S/c21-15-13-6-5-12(7-14(13)18-17(23)19-15)16(22)20(8-10-1-2-10)9-11-3-4-11/h5-7,10-11H,1-4,8-9H2,(H2,18,19,21,23). The van der Waals surface area contributed by atoms with Crippen LogP contribution in [-0.4, -0.2) is 33.9 Å². The van der Waals surface area contributed by atoms with Crippen LogP contribution in [0.5, 0.6) is 0 Å². The average Bonchev–Trinajstić information content (AvgIpc) is 3.40. The average molecular weight is 329 g/mol. The van der Waals surface area contributed by atoms with Crippen molar-refractivity contribution in [2.75, 3.05) is 13.1 Å². The lowest BCUT2D eigenvalue weighted by Gasteiger charge is -2.22. The maximum Gasteiger partial charge on any atom is 0.259 e. The highest BCUT2D eigenvalue weighted by molar-refractivity contribution is 7.71. The highest BCUT2D eigenvalue weighted by Gasteiger charge is 2.31. The molecule has 6 heteroatoms. The third-order valence-electron chi connectivity index (χ3n) is 4.62. The summed E-state index contributed by atoms with van der Waals surface area (Å²) in [5.41, 5.74) is 1.01. The molecule has 0 spiro atoms. The smallest absolute Gasteiger partial charge is 0.259 e. The van der Waals surface area contributed by atoms with Crippen LogP contribution < -0.4 is 5.56 Å². The van der Waals surface area contributed by atoms with Gasteiger partial charge >= 0.3 is 0 Å². The van der Waals surface area contributed by atoms with Crippen molar-refractivity contribution in [3.8, 4) is 0 Å². The number of fused-ring (bicyclic) bond motifs is 1. The topological polar surface area (TPSA) is 69.0 Å². The SMILES string of the molecule is O=C(c1ccc2c(=O)[nH]c(=S)[nH]c2c1)N(CC1CC1)CC1CC1. The van der Waals surface area contributed by atoms with E-state index in [4.69, 9.17) is 12.2 Å². The van der Waals surface area contributed by atoms with Gasteiger partial charge in [0.1, 0.15) is 0 Å². The molecule has 23 heavy (non-hydrogen) atoms. The van der Waals surface area contributed by atoms with E-state index in [1.165, 1.54) is 25.7 Å². The van der Waals surface area contributed by atoms with E-state index in [0.717, 1.165) is 13.1 Å². The number of carbonyl (C=O) groups is 1. The predicted octanol–water partition coefficient (Wildman–Crippen LogP) is 2.85. The van der Waals surface area contributed by atoms with Gasteiger partial charge in [0.25, 0.3) is 11.5 Å². The molecule has 4 rings (SSSR count). The second-order valence-electron chi connectivity index (χ2n) is 6.77. The van der Waals surface area contributed by atoms with Crippen molar-refractivity contribution in [2.24, 2.45) is 11.8 Å². The summed E-state index contributed by atoms with van der Waals surface area (Å²) < 4.78 is 0.278. The van der Waals surface area contributed by atoms with Gasteiger partial charge in [0.2, 0.25) is 0 Å². The fraction of sp³-hybridized carbons (Fsp3) is 0.471. The fourth-order valence-electron chi connectivity index (χ4n) is 2.95. The lowest BCUT2D eigenvalue weighted by atomic mass is 10.1. The summed E-state index contributed by atoms with van der Waals surface area (Å²) in [7, 11) is 0. The largest absolute Gasteiger partial charge is 0.338 e. The third-order valence-corrected chi connectivity index (χ3v) is 4.83. The minimum absolute atomic E-state index is 0.0605. The zero-order chi connectivity index (χ0) is 16.0. The van der Waals surface area contributed by atoms with Crippen molar-refractivity contribution < 1.29 is 4.79 Å². The third kappa shape index (κ3) is 3.22. The Labute approximate surface area is 138 Å². The monoisotopic (exact) mass is 329 g/mol. The van der Waals surface area contributed by atoms with Crippen molar-refractivity contribution in [2.45, 2.75) is 25.7 Å². The summed E-state index contributed by atoms with van der Waals surface area (Å²) in [5, 5.41) is 0.520. The van der Waals surface area contributed by atoms with Crippen LogP contribution in [0.1, 0.15) is 36.0 Å². The Morgan fingerprint density at radius 3 is 2.39 bits per heavy atom. The van der Waals surface area contributed by atoms with E-state index >= 15 is 0 Å². The number of hydrogen-bond donors (Lipinski definition) is 2. The summed E-state index contributed by atoms with van der Waals surface area (Å²) in [5.74, 6) is 1.41. The Hall–Kier alpha value is -1.95. The molecule has 2 N–H and O–H groups in total. The Kier molecular flexibility index (Phi) is 3.56. The van der Waals surface area contributed by atoms with E-state index in [2.05, 4.69) is 9.97 Å². The molecule has 0 bridgehead atoms. The van der Waals surface area contributed by atoms with Gasteiger partial charge in [0.15, 0.2) is 4.77 Å². The molecule has 1 aromatic carbocycles. The molecule has 0 unspecified atom stereocenters. The number of aromatic amines is 2. The van der Waals surface area contributed by atoms with Gasteiger partial charge in [-0.05, 0) is 67.9 Å². The molecule has 1 heterocycles. The number of hydrogen-bond acceptors (Lipinski definition) is 3. The number of amides is 1. The first-order chi connectivity index (χ1) is 11.1. The second-order valence-corrected chi connectivity index (χ2v) is 7.17. The summed E-state index contributed by atoms with van der Waals surface area (Å²) in [6, 6.07) is 5.18. The number of carbonyl (C=O) groups excluding carboxylic acids is 1. The molecule has 0 aliphatic heterocycles. The van der Waals surface area contributed by atoms with Crippen molar-refractivity contribution >= 4 is 29.0 Å². The highest BCUT2D eigenvalue weighted by Crippen LogP contribution is 2.34. The van der Waals surface area contributed by atoms with Crippen molar-refractivity contribution in [3.05, 3.63) is 38.9 Å². The molecule has 120 valence electrons. The second kappa shape index (κ2) is 5.60. The van der Waals surface area contributed by atoms with Crippen LogP contribution in [0.4, 0.5) is 0 Å². The first-order valence-electron chi connectivity index (χ1n) is 8.16. The van der Waals surface area contributed by atoms with E-state index in [-0.39, 0.29) is 16.2 Å². The van der Waals surface area contributed by atoms with Gasteiger partial charge in [-0.3, -0.25) is 14.6 Å². The van der Waals surface area contributed by atoms with Gasteiger partial charge < -0.3 is 9.88 Å². The predicted molar refractivity (Wildman–Crippen MR) is 91.1 cm³/mol. The summed E-state index contributed by atoms with van der Waals surface area (Å²) in [6.07, 6.45) is 4.92. The first-order valence-corrected chi connectivity index (χ1v) is 8.56. The zero-order valence-corrected chi connectivity index (χ0v) is 13.6. The minimum Gasteiger partial charge on any atom is -0.338 e. The maximum atomic E-state index is 12.9. The van der Waals surface area contributed by atoms with E-state index in [1.807, 2.05) is 4.90 Å². The lowest BCUT2D eigenvalue weighted by Crippen LogP contribution is -2.34. The van der Waals surface area contributed by atoms with Gasteiger partial charge in [-0.25, -0.2) is 0 Å². The van der Waals surface area contributed by atoms with Crippen LogP contribution in [0.25, 0.3) is 10.9 Å². The molecule has 0 radical (unpaired) electrons. The molecule has 1 aromatic heterocycles. The molecule has 2 aliphatic rings. The van der Waals surface area contributed by atoms with Gasteiger partial charge in [-0.15, -0.1) is 0 Å². The van der Waals surface area contributed by atoms with Gasteiger partial charge in [-0.1, -0.05) is 0 Å². The highest BCUT2D eigenvalue weighted by atomic mass is 32.1. The van der Waals surface area contributed by atoms with Gasteiger partial charge in [0, 0.05) is 18.7 Å². The van der Waals surface area contributed by atoms with Gasteiger partial charge in [0.05, 0.1) is 10.9 Å². The Morgan fingerprint density at radius 1 is 1.13 bits per heavy atom. The Morgan fingerprint density at radius 2 is 1.78 bits per heavy atom. The molecule has 2 aliphatic carbocycles. The molecule has 2 fully saturated rings.